The minimum absolute atomic E-state index is 0.0151. The number of anilines is 2. The molecule has 0 bridgehead atoms. The molecule has 1 aliphatic rings. The number of piperidine rings is 1. The predicted molar refractivity (Wildman–Crippen MR) is 105 cm³/mol. The van der Waals surface area contributed by atoms with Gasteiger partial charge in [-0.05, 0) is 50.3 Å². The second-order valence-corrected chi connectivity index (χ2v) is 7.37. The van der Waals surface area contributed by atoms with E-state index in [2.05, 4.69) is 29.1 Å². The summed E-state index contributed by atoms with van der Waals surface area (Å²) >= 11 is 6.38. The first kappa shape index (κ1) is 18.6. The highest BCUT2D eigenvalue weighted by molar-refractivity contribution is 6.33. The lowest BCUT2D eigenvalue weighted by Crippen LogP contribution is -2.47. The van der Waals surface area contributed by atoms with Crippen LogP contribution in [-0.2, 0) is 0 Å². The lowest BCUT2D eigenvalue weighted by Gasteiger charge is -2.39. The van der Waals surface area contributed by atoms with Crippen LogP contribution in [0.15, 0.2) is 30.6 Å². The van der Waals surface area contributed by atoms with Crippen molar-refractivity contribution in [3.8, 4) is 0 Å². The summed E-state index contributed by atoms with van der Waals surface area (Å²) in [5.41, 5.74) is 2.28. The normalized spacial score (nSPS) is 20.1. The number of hydrogen-bond acceptors (Lipinski definition) is 4. The molecule has 6 heteroatoms. The van der Waals surface area contributed by atoms with Gasteiger partial charge in [-0.15, -0.1) is 0 Å². The highest BCUT2D eigenvalue weighted by Gasteiger charge is 2.31. The number of nitrogens with one attached hydrogen (secondary N) is 1. The van der Waals surface area contributed by atoms with Crippen LogP contribution in [0.25, 0.3) is 0 Å². The average Bonchev–Trinajstić information content (AvgIpc) is 2.64. The molecule has 2 atom stereocenters. The third-order valence-corrected chi connectivity index (χ3v) is 5.35. The fraction of sp³-hybridized carbons (Fsp3) is 0.450. The molecular weight excluding hydrogens is 348 g/mol. The van der Waals surface area contributed by atoms with Crippen LogP contribution in [0.2, 0.25) is 5.02 Å². The highest BCUT2D eigenvalue weighted by Crippen LogP contribution is 2.29. The van der Waals surface area contributed by atoms with Crippen molar-refractivity contribution >= 4 is 29.0 Å². The van der Waals surface area contributed by atoms with Crippen LogP contribution in [0.3, 0.4) is 0 Å². The van der Waals surface area contributed by atoms with Crippen LogP contribution in [0, 0.1) is 12.8 Å². The molecule has 1 aliphatic heterocycles. The van der Waals surface area contributed by atoms with Crippen molar-refractivity contribution in [2.45, 2.75) is 46.1 Å². The zero-order valence-electron chi connectivity index (χ0n) is 15.5. The van der Waals surface area contributed by atoms with E-state index in [1.165, 1.54) is 6.42 Å². The predicted octanol–water partition coefficient (Wildman–Crippen LogP) is 4.83. The minimum Gasteiger partial charge on any atom is -0.338 e. The largest absolute Gasteiger partial charge is 0.338 e. The second kappa shape index (κ2) is 8.04. The monoisotopic (exact) mass is 372 g/mol. The van der Waals surface area contributed by atoms with Gasteiger partial charge in [0.1, 0.15) is 5.82 Å². The number of rotatable bonds is 4. The van der Waals surface area contributed by atoms with Gasteiger partial charge in [0.25, 0.3) is 5.91 Å². The van der Waals surface area contributed by atoms with Crippen molar-refractivity contribution < 1.29 is 4.79 Å². The zero-order valence-corrected chi connectivity index (χ0v) is 16.3. The van der Waals surface area contributed by atoms with Crippen molar-refractivity contribution in [2.24, 2.45) is 5.92 Å². The van der Waals surface area contributed by atoms with E-state index in [9.17, 15) is 4.79 Å². The minimum atomic E-state index is 0.0151. The topological polar surface area (TPSA) is 58.1 Å². The van der Waals surface area contributed by atoms with Gasteiger partial charge in [0.05, 0.1) is 22.5 Å². The molecule has 1 fully saturated rings. The Morgan fingerprint density at radius 2 is 2.15 bits per heavy atom. The van der Waals surface area contributed by atoms with E-state index in [0.717, 1.165) is 30.8 Å². The van der Waals surface area contributed by atoms with Crippen molar-refractivity contribution in [3.63, 3.8) is 0 Å². The summed E-state index contributed by atoms with van der Waals surface area (Å²) in [5, 5.41) is 3.57. The summed E-state index contributed by atoms with van der Waals surface area (Å²) in [6, 6.07) is 5.82. The van der Waals surface area contributed by atoms with Crippen molar-refractivity contribution in [3.05, 3.63) is 46.9 Å². The van der Waals surface area contributed by atoms with E-state index in [1.807, 2.05) is 24.0 Å². The summed E-state index contributed by atoms with van der Waals surface area (Å²) in [7, 11) is 0. The molecule has 2 aromatic rings. The standard InChI is InChI=1S/C20H25ClN4O/c1-4-18-13(2)6-5-9-25(18)20(26)15-10-17(21)19(23-11-15)24-16-8-7-14(3)22-12-16/h7-8,10-13,18H,4-6,9H2,1-3H3,(H,23,24). The molecule has 0 spiro atoms. The van der Waals surface area contributed by atoms with E-state index in [-0.39, 0.29) is 11.9 Å². The number of halogens is 1. The Kier molecular flexibility index (Phi) is 5.77. The van der Waals surface area contributed by atoms with Gasteiger partial charge in [-0.1, -0.05) is 25.4 Å². The number of nitrogens with zero attached hydrogens (tertiary/aromatic N) is 3. The van der Waals surface area contributed by atoms with E-state index in [1.54, 1.807) is 18.5 Å². The van der Waals surface area contributed by atoms with Crippen molar-refractivity contribution in [1.29, 1.82) is 0 Å². The number of hydrogen-bond donors (Lipinski definition) is 1. The third kappa shape index (κ3) is 3.98. The maximum absolute atomic E-state index is 13.0. The number of aryl methyl sites for hydroxylation is 1. The lowest BCUT2D eigenvalue weighted by molar-refractivity contribution is 0.0508. The highest BCUT2D eigenvalue weighted by atomic mass is 35.5. The summed E-state index contributed by atoms with van der Waals surface area (Å²) in [4.78, 5) is 23.6. The molecule has 3 rings (SSSR count). The molecule has 0 aliphatic carbocycles. The fourth-order valence-electron chi connectivity index (χ4n) is 3.62. The molecule has 138 valence electrons. The maximum Gasteiger partial charge on any atom is 0.255 e. The summed E-state index contributed by atoms with van der Waals surface area (Å²) in [5.74, 6) is 1.06. The Morgan fingerprint density at radius 3 is 2.81 bits per heavy atom. The Hall–Kier alpha value is -2.14. The van der Waals surface area contributed by atoms with E-state index < -0.39 is 0 Å². The average molecular weight is 373 g/mol. The van der Waals surface area contributed by atoms with E-state index >= 15 is 0 Å². The molecular formula is C20H25ClN4O. The Bertz CT molecular complexity index is 778. The quantitative estimate of drug-likeness (QED) is 0.834. The summed E-state index contributed by atoms with van der Waals surface area (Å²) in [6.45, 7) is 7.09. The number of pyridine rings is 2. The molecule has 0 aromatic carbocycles. The molecule has 0 saturated carbocycles. The molecule has 3 heterocycles. The molecule has 5 nitrogen and oxygen atoms in total. The van der Waals surface area contributed by atoms with Gasteiger partial charge in [-0.2, -0.15) is 0 Å². The number of amides is 1. The van der Waals surface area contributed by atoms with E-state index in [0.29, 0.717) is 22.3 Å². The van der Waals surface area contributed by atoms with Gasteiger partial charge >= 0.3 is 0 Å². The number of likely N-dealkylation sites (tertiary alicyclic amines) is 1. The van der Waals surface area contributed by atoms with Crippen LogP contribution in [0.1, 0.15) is 49.2 Å². The molecule has 1 amide bonds. The first-order valence-electron chi connectivity index (χ1n) is 9.15. The van der Waals surface area contributed by atoms with Crippen molar-refractivity contribution in [2.75, 3.05) is 11.9 Å². The van der Waals surface area contributed by atoms with Crippen LogP contribution in [0.4, 0.5) is 11.5 Å². The third-order valence-electron chi connectivity index (χ3n) is 5.06. The van der Waals surface area contributed by atoms with Gasteiger partial charge in [-0.3, -0.25) is 9.78 Å². The number of carbonyl (C=O) groups excluding carboxylic acids is 1. The SMILES string of the molecule is CCC1C(C)CCCN1C(=O)c1cnc(Nc2ccc(C)nc2)c(Cl)c1. The summed E-state index contributed by atoms with van der Waals surface area (Å²) < 4.78 is 0. The van der Waals surface area contributed by atoms with Gasteiger partial charge in [0, 0.05) is 24.5 Å². The molecule has 2 aromatic heterocycles. The summed E-state index contributed by atoms with van der Waals surface area (Å²) in [6.07, 6.45) is 6.52. The fourth-order valence-corrected chi connectivity index (χ4v) is 3.83. The first-order chi connectivity index (χ1) is 12.5. The van der Waals surface area contributed by atoms with Gasteiger partial charge in [-0.25, -0.2) is 4.98 Å². The van der Waals surface area contributed by atoms with Crippen molar-refractivity contribution in [1.82, 2.24) is 14.9 Å². The van der Waals surface area contributed by atoms with Crippen LogP contribution < -0.4 is 5.32 Å². The molecule has 26 heavy (non-hydrogen) atoms. The molecule has 1 N–H and O–H groups in total. The number of aromatic nitrogens is 2. The lowest BCUT2D eigenvalue weighted by atomic mass is 9.88. The van der Waals surface area contributed by atoms with Gasteiger partial charge in [0.2, 0.25) is 0 Å². The Morgan fingerprint density at radius 1 is 1.35 bits per heavy atom. The van der Waals surface area contributed by atoms with E-state index in [4.69, 9.17) is 11.6 Å². The maximum atomic E-state index is 13.0. The smallest absolute Gasteiger partial charge is 0.255 e. The molecule has 1 saturated heterocycles. The van der Waals surface area contributed by atoms with Crippen LogP contribution >= 0.6 is 11.6 Å². The van der Waals surface area contributed by atoms with Crippen LogP contribution in [-0.4, -0.2) is 33.4 Å². The van der Waals surface area contributed by atoms with Gasteiger partial charge in [0.15, 0.2) is 0 Å². The molecule has 0 radical (unpaired) electrons. The number of carbonyl (C=O) groups is 1. The van der Waals surface area contributed by atoms with Crippen LogP contribution in [0.5, 0.6) is 0 Å². The zero-order chi connectivity index (χ0) is 18.7. The molecule has 2 unspecified atom stereocenters. The Balaban J connectivity index is 1.78. The second-order valence-electron chi connectivity index (χ2n) is 6.96. The van der Waals surface area contributed by atoms with Gasteiger partial charge < -0.3 is 10.2 Å². The first-order valence-corrected chi connectivity index (χ1v) is 9.53. The Labute approximate surface area is 159 Å².